The second kappa shape index (κ2) is 7.82. The number of hydrogen-bond donors (Lipinski definition) is 1. The molecular formula is C19H39N. The molecule has 0 spiro atoms. The summed E-state index contributed by atoms with van der Waals surface area (Å²) in [6.45, 7) is 19.1. The lowest BCUT2D eigenvalue weighted by atomic mass is 9.70. The van der Waals surface area contributed by atoms with Crippen LogP contribution in [0.4, 0.5) is 0 Å². The van der Waals surface area contributed by atoms with Gasteiger partial charge >= 0.3 is 0 Å². The maximum Gasteiger partial charge on any atom is -0.00155 e. The van der Waals surface area contributed by atoms with Crippen LogP contribution < -0.4 is 5.32 Å². The molecule has 120 valence electrons. The van der Waals surface area contributed by atoms with E-state index >= 15 is 0 Å². The molecule has 1 saturated carbocycles. The highest BCUT2D eigenvalue weighted by Crippen LogP contribution is 2.39. The smallest absolute Gasteiger partial charge is 0.00155 e. The van der Waals surface area contributed by atoms with E-state index in [-0.39, 0.29) is 0 Å². The molecule has 1 nitrogen and oxygen atoms in total. The average Bonchev–Trinajstić information content (AvgIpc) is 2.33. The fourth-order valence-electron chi connectivity index (χ4n) is 3.93. The summed E-state index contributed by atoms with van der Waals surface area (Å²) in [5, 5.41) is 3.77. The van der Waals surface area contributed by atoms with E-state index in [0.29, 0.717) is 5.41 Å². The fraction of sp³-hybridized carbons (Fsp3) is 1.00. The van der Waals surface area contributed by atoms with Crippen LogP contribution in [0.2, 0.25) is 0 Å². The van der Waals surface area contributed by atoms with E-state index in [9.17, 15) is 0 Å². The molecule has 0 unspecified atom stereocenters. The number of nitrogens with one attached hydrogen (secondary N) is 1. The first kappa shape index (κ1) is 18.0. The van der Waals surface area contributed by atoms with E-state index in [2.05, 4.69) is 53.8 Å². The predicted molar refractivity (Wildman–Crippen MR) is 90.9 cm³/mol. The summed E-state index contributed by atoms with van der Waals surface area (Å²) >= 11 is 0. The lowest BCUT2D eigenvalue weighted by molar-refractivity contribution is 0.147. The van der Waals surface area contributed by atoms with Gasteiger partial charge in [-0.15, -0.1) is 0 Å². The molecule has 0 heterocycles. The number of rotatable bonds is 6. The Morgan fingerprint density at radius 2 is 1.40 bits per heavy atom. The van der Waals surface area contributed by atoms with Crippen LogP contribution >= 0.6 is 0 Å². The summed E-state index contributed by atoms with van der Waals surface area (Å²) in [4.78, 5) is 0. The van der Waals surface area contributed by atoms with Gasteiger partial charge in [-0.25, -0.2) is 0 Å². The molecule has 0 aromatic heterocycles. The van der Waals surface area contributed by atoms with Crippen LogP contribution in [0.1, 0.15) is 74.1 Å². The minimum absolute atomic E-state index is 0.513. The molecule has 1 fully saturated rings. The molecule has 0 aliphatic heterocycles. The van der Waals surface area contributed by atoms with E-state index in [1.165, 1.54) is 38.8 Å². The molecule has 0 bridgehead atoms. The van der Waals surface area contributed by atoms with Crippen molar-refractivity contribution in [2.45, 2.75) is 74.1 Å². The Morgan fingerprint density at radius 3 is 1.80 bits per heavy atom. The third-order valence-corrected chi connectivity index (χ3v) is 5.60. The second-order valence-corrected chi connectivity index (χ2v) is 8.89. The molecule has 1 N–H and O–H groups in total. The molecule has 20 heavy (non-hydrogen) atoms. The fourth-order valence-corrected chi connectivity index (χ4v) is 3.93. The zero-order chi connectivity index (χ0) is 15.3. The Bertz CT molecular complexity index is 245. The Balaban J connectivity index is 2.25. The molecule has 1 heteroatoms. The maximum absolute atomic E-state index is 3.77. The van der Waals surface area contributed by atoms with Crippen LogP contribution in [0.25, 0.3) is 0 Å². The normalized spacial score (nSPS) is 24.9. The SMILES string of the molecule is CC(C)C(CNCC1CCC(C(C)(C)C)CC1)C(C)C. The van der Waals surface area contributed by atoms with Crippen LogP contribution in [0.15, 0.2) is 0 Å². The standard InChI is InChI=1S/C19H39N/c1-14(2)18(15(3)4)13-20-12-16-8-10-17(11-9-16)19(5,6)7/h14-18,20H,8-13H2,1-7H3. The molecule has 0 atom stereocenters. The highest BCUT2D eigenvalue weighted by atomic mass is 14.9. The van der Waals surface area contributed by atoms with Gasteiger partial charge in [-0.05, 0) is 73.8 Å². The molecule has 1 aliphatic carbocycles. The van der Waals surface area contributed by atoms with Gasteiger partial charge in [0, 0.05) is 0 Å². The minimum Gasteiger partial charge on any atom is -0.316 e. The summed E-state index contributed by atoms with van der Waals surface area (Å²) in [5.41, 5.74) is 0.513. The van der Waals surface area contributed by atoms with Gasteiger partial charge in [0.05, 0.1) is 0 Å². The molecule has 0 aromatic rings. The van der Waals surface area contributed by atoms with Gasteiger partial charge in [0.25, 0.3) is 0 Å². The third kappa shape index (κ3) is 5.76. The predicted octanol–water partition coefficient (Wildman–Crippen LogP) is 5.36. The molecule has 1 rings (SSSR count). The van der Waals surface area contributed by atoms with Crippen molar-refractivity contribution in [3.05, 3.63) is 0 Å². The Kier molecular flexibility index (Phi) is 7.04. The molecule has 0 radical (unpaired) electrons. The van der Waals surface area contributed by atoms with Gasteiger partial charge in [0.2, 0.25) is 0 Å². The van der Waals surface area contributed by atoms with Gasteiger partial charge < -0.3 is 5.32 Å². The molecule has 1 aliphatic rings. The molecule has 0 saturated heterocycles. The summed E-state index contributed by atoms with van der Waals surface area (Å²) in [6.07, 6.45) is 5.74. The van der Waals surface area contributed by atoms with Crippen molar-refractivity contribution in [3.63, 3.8) is 0 Å². The summed E-state index contributed by atoms with van der Waals surface area (Å²) < 4.78 is 0. The van der Waals surface area contributed by atoms with Crippen LogP contribution in [0.5, 0.6) is 0 Å². The number of hydrogen-bond acceptors (Lipinski definition) is 1. The highest BCUT2D eigenvalue weighted by Gasteiger charge is 2.29. The van der Waals surface area contributed by atoms with Crippen molar-refractivity contribution >= 4 is 0 Å². The highest BCUT2D eigenvalue weighted by molar-refractivity contribution is 4.81. The quantitative estimate of drug-likeness (QED) is 0.691. The Labute approximate surface area is 128 Å². The van der Waals surface area contributed by atoms with Crippen molar-refractivity contribution < 1.29 is 0 Å². The van der Waals surface area contributed by atoms with Gasteiger partial charge in [-0.3, -0.25) is 0 Å². The minimum atomic E-state index is 0.513. The van der Waals surface area contributed by atoms with Crippen molar-refractivity contribution in [2.75, 3.05) is 13.1 Å². The lowest BCUT2D eigenvalue weighted by Crippen LogP contribution is -2.35. The monoisotopic (exact) mass is 281 g/mol. The van der Waals surface area contributed by atoms with E-state index in [4.69, 9.17) is 0 Å². The van der Waals surface area contributed by atoms with Crippen molar-refractivity contribution in [2.24, 2.45) is 35.0 Å². The lowest BCUT2D eigenvalue weighted by Gasteiger charge is -2.37. The van der Waals surface area contributed by atoms with E-state index in [1.54, 1.807) is 0 Å². The Hall–Kier alpha value is -0.0400. The maximum atomic E-state index is 3.77. The topological polar surface area (TPSA) is 12.0 Å². The third-order valence-electron chi connectivity index (χ3n) is 5.60. The summed E-state index contributed by atoms with van der Waals surface area (Å²) in [5.74, 6) is 4.27. The van der Waals surface area contributed by atoms with Crippen LogP contribution in [-0.4, -0.2) is 13.1 Å². The first-order valence-electron chi connectivity index (χ1n) is 8.92. The first-order valence-corrected chi connectivity index (χ1v) is 8.92. The van der Waals surface area contributed by atoms with Gasteiger partial charge in [0.15, 0.2) is 0 Å². The van der Waals surface area contributed by atoms with Crippen LogP contribution in [0, 0.1) is 35.0 Å². The van der Waals surface area contributed by atoms with Gasteiger partial charge in [-0.2, -0.15) is 0 Å². The van der Waals surface area contributed by atoms with Gasteiger partial charge in [0.1, 0.15) is 0 Å². The summed E-state index contributed by atoms with van der Waals surface area (Å²) in [7, 11) is 0. The largest absolute Gasteiger partial charge is 0.316 e. The average molecular weight is 282 g/mol. The Morgan fingerprint density at radius 1 is 0.900 bits per heavy atom. The van der Waals surface area contributed by atoms with E-state index in [0.717, 1.165) is 29.6 Å². The second-order valence-electron chi connectivity index (χ2n) is 8.89. The summed E-state index contributed by atoms with van der Waals surface area (Å²) in [6, 6.07) is 0. The van der Waals surface area contributed by atoms with Crippen LogP contribution in [-0.2, 0) is 0 Å². The van der Waals surface area contributed by atoms with Crippen molar-refractivity contribution in [1.82, 2.24) is 5.32 Å². The van der Waals surface area contributed by atoms with E-state index in [1.807, 2.05) is 0 Å². The van der Waals surface area contributed by atoms with Crippen molar-refractivity contribution in [3.8, 4) is 0 Å². The van der Waals surface area contributed by atoms with Crippen molar-refractivity contribution in [1.29, 1.82) is 0 Å². The van der Waals surface area contributed by atoms with E-state index < -0.39 is 0 Å². The molecular weight excluding hydrogens is 242 g/mol. The molecule has 0 aromatic carbocycles. The van der Waals surface area contributed by atoms with Crippen LogP contribution in [0.3, 0.4) is 0 Å². The van der Waals surface area contributed by atoms with Gasteiger partial charge in [-0.1, -0.05) is 48.5 Å². The zero-order valence-electron chi connectivity index (χ0n) is 15.1. The zero-order valence-corrected chi connectivity index (χ0v) is 15.1. The molecule has 0 amide bonds. The first-order chi connectivity index (χ1) is 9.21.